The maximum Gasteiger partial charge on any atom is 0.416 e. The van der Waals surface area contributed by atoms with Crippen LogP contribution in [0, 0.1) is 0 Å². The van der Waals surface area contributed by atoms with Crippen LogP contribution in [0.15, 0.2) is 18.2 Å². The molecule has 2 N–H and O–H groups in total. The van der Waals surface area contributed by atoms with Gasteiger partial charge in [0.25, 0.3) is 0 Å². The molecule has 0 spiro atoms. The van der Waals surface area contributed by atoms with Crippen molar-refractivity contribution in [2.24, 2.45) is 0 Å². The Bertz CT molecular complexity index is 363. The zero-order valence-corrected chi connectivity index (χ0v) is 8.45. The lowest BCUT2D eigenvalue weighted by molar-refractivity contribution is -0.137. The minimum Gasteiger partial charge on any atom is -0.496 e. The van der Waals surface area contributed by atoms with Crippen LogP contribution in [-0.2, 0) is 6.18 Å². The maximum absolute atomic E-state index is 12.4. The first-order valence-corrected chi connectivity index (χ1v) is 4.44. The summed E-state index contributed by atoms with van der Waals surface area (Å²) in [4.78, 5) is 0. The molecular formula is C10H11F3O3. The summed E-state index contributed by atoms with van der Waals surface area (Å²) < 4.78 is 42.0. The van der Waals surface area contributed by atoms with Gasteiger partial charge in [-0.05, 0) is 18.2 Å². The molecule has 90 valence electrons. The zero-order chi connectivity index (χ0) is 12.3. The summed E-state index contributed by atoms with van der Waals surface area (Å²) in [6, 6.07) is 2.73. The highest BCUT2D eigenvalue weighted by atomic mass is 19.4. The Morgan fingerprint density at radius 1 is 1.38 bits per heavy atom. The molecule has 0 saturated heterocycles. The molecule has 1 aromatic carbocycles. The van der Waals surface area contributed by atoms with Crippen LogP contribution in [0.3, 0.4) is 0 Å². The van der Waals surface area contributed by atoms with E-state index in [9.17, 15) is 18.3 Å². The van der Waals surface area contributed by atoms with Crippen LogP contribution in [0.2, 0.25) is 0 Å². The van der Waals surface area contributed by atoms with Gasteiger partial charge in [-0.15, -0.1) is 0 Å². The monoisotopic (exact) mass is 236 g/mol. The molecule has 0 bridgehead atoms. The first-order valence-electron chi connectivity index (χ1n) is 4.44. The number of methoxy groups -OCH3 is 1. The lowest BCUT2D eigenvalue weighted by atomic mass is 10.0. The molecule has 0 aliphatic carbocycles. The molecule has 3 nitrogen and oxygen atoms in total. The number of aliphatic hydroxyl groups is 2. The van der Waals surface area contributed by atoms with Gasteiger partial charge in [-0.2, -0.15) is 13.2 Å². The van der Waals surface area contributed by atoms with E-state index in [1.165, 1.54) is 7.11 Å². The van der Waals surface area contributed by atoms with E-state index in [4.69, 9.17) is 9.84 Å². The highest BCUT2D eigenvalue weighted by Crippen LogP contribution is 2.34. The smallest absolute Gasteiger partial charge is 0.416 e. The van der Waals surface area contributed by atoms with Gasteiger partial charge in [0, 0.05) is 5.56 Å². The Kier molecular flexibility index (Phi) is 3.77. The molecule has 0 aromatic heterocycles. The van der Waals surface area contributed by atoms with Crippen molar-refractivity contribution in [2.45, 2.75) is 12.3 Å². The van der Waals surface area contributed by atoms with Crippen molar-refractivity contribution in [3.8, 4) is 5.75 Å². The standard InChI is InChI=1S/C10H11F3O3/c1-16-9-3-2-6(10(11,12)13)4-7(9)8(15)5-14/h2-4,8,14-15H,5H2,1H3. The summed E-state index contributed by atoms with van der Waals surface area (Å²) in [5.74, 6) is 0.106. The molecular weight excluding hydrogens is 225 g/mol. The van der Waals surface area contributed by atoms with Crippen LogP contribution in [0.1, 0.15) is 17.2 Å². The summed E-state index contributed by atoms with van der Waals surface area (Å²) >= 11 is 0. The largest absolute Gasteiger partial charge is 0.496 e. The van der Waals surface area contributed by atoms with Crippen LogP contribution >= 0.6 is 0 Å². The van der Waals surface area contributed by atoms with Gasteiger partial charge >= 0.3 is 6.18 Å². The number of halogens is 3. The van der Waals surface area contributed by atoms with Crippen molar-refractivity contribution in [1.29, 1.82) is 0 Å². The molecule has 16 heavy (non-hydrogen) atoms. The summed E-state index contributed by atoms with van der Waals surface area (Å²) in [6.07, 6.45) is -5.88. The number of benzene rings is 1. The Labute approximate surface area is 90.1 Å². The van der Waals surface area contributed by atoms with E-state index in [1.807, 2.05) is 0 Å². The Balaban J connectivity index is 3.21. The third kappa shape index (κ3) is 2.65. The van der Waals surface area contributed by atoms with E-state index >= 15 is 0 Å². The number of rotatable bonds is 3. The summed E-state index contributed by atoms with van der Waals surface area (Å²) in [5, 5.41) is 18.0. The van der Waals surface area contributed by atoms with Gasteiger partial charge in [0.05, 0.1) is 19.3 Å². The van der Waals surface area contributed by atoms with Gasteiger partial charge < -0.3 is 14.9 Å². The minimum absolute atomic E-state index is 0.0835. The fourth-order valence-corrected chi connectivity index (χ4v) is 1.27. The second-order valence-corrected chi connectivity index (χ2v) is 3.15. The third-order valence-electron chi connectivity index (χ3n) is 2.09. The van der Waals surface area contributed by atoms with Crippen molar-refractivity contribution in [3.63, 3.8) is 0 Å². The number of alkyl halides is 3. The molecule has 0 fully saturated rings. The highest BCUT2D eigenvalue weighted by molar-refractivity contribution is 5.39. The van der Waals surface area contributed by atoms with Crippen molar-refractivity contribution in [2.75, 3.05) is 13.7 Å². The van der Waals surface area contributed by atoms with Gasteiger partial charge in [0.15, 0.2) is 0 Å². The normalized spacial score (nSPS) is 13.6. The van der Waals surface area contributed by atoms with Gasteiger partial charge in [0.2, 0.25) is 0 Å². The molecule has 0 amide bonds. The number of ether oxygens (including phenoxy) is 1. The lowest BCUT2D eigenvalue weighted by Gasteiger charge is -2.15. The van der Waals surface area contributed by atoms with E-state index < -0.39 is 24.5 Å². The SMILES string of the molecule is COc1ccc(C(F)(F)F)cc1C(O)CO. The van der Waals surface area contributed by atoms with Crippen molar-refractivity contribution in [1.82, 2.24) is 0 Å². The lowest BCUT2D eigenvalue weighted by Crippen LogP contribution is -2.10. The summed E-state index contributed by atoms with van der Waals surface area (Å²) in [6.45, 7) is -0.669. The van der Waals surface area contributed by atoms with E-state index in [0.717, 1.165) is 18.2 Å². The molecule has 0 aliphatic heterocycles. The van der Waals surface area contributed by atoms with Gasteiger partial charge in [-0.1, -0.05) is 0 Å². The molecule has 0 radical (unpaired) electrons. The maximum atomic E-state index is 12.4. The van der Waals surface area contributed by atoms with E-state index in [2.05, 4.69) is 0 Å². The van der Waals surface area contributed by atoms with Gasteiger partial charge in [-0.3, -0.25) is 0 Å². The summed E-state index contributed by atoms with van der Waals surface area (Å²) in [7, 11) is 1.27. The first kappa shape index (κ1) is 12.8. The fourth-order valence-electron chi connectivity index (χ4n) is 1.27. The Morgan fingerprint density at radius 2 is 2.00 bits per heavy atom. The highest BCUT2D eigenvalue weighted by Gasteiger charge is 2.31. The second kappa shape index (κ2) is 4.71. The Morgan fingerprint density at radius 3 is 2.44 bits per heavy atom. The van der Waals surface area contributed by atoms with Crippen LogP contribution in [0.4, 0.5) is 13.2 Å². The first-order chi connectivity index (χ1) is 7.40. The molecule has 0 aliphatic rings. The minimum atomic E-state index is -4.49. The van der Waals surface area contributed by atoms with Crippen molar-refractivity contribution in [3.05, 3.63) is 29.3 Å². The summed E-state index contributed by atoms with van der Waals surface area (Å²) in [5.41, 5.74) is -0.976. The molecule has 1 atom stereocenters. The number of hydrogen-bond acceptors (Lipinski definition) is 3. The van der Waals surface area contributed by atoms with Crippen LogP contribution in [0.5, 0.6) is 5.75 Å². The quantitative estimate of drug-likeness (QED) is 0.840. The molecule has 0 saturated carbocycles. The molecule has 6 heteroatoms. The molecule has 1 unspecified atom stereocenters. The predicted molar refractivity (Wildman–Crippen MR) is 50.0 cm³/mol. The number of aliphatic hydroxyl groups excluding tert-OH is 2. The average Bonchev–Trinajstić information content (AvgIpc) is 2.25. The van der Waals surface area contributed by atoms with Crippen LogP contribution < -0.4 is 4.74 Å². The van der Waals surface area contributed by atoms with Crippen molar-refractivity contribution < 1.29 is 28.1 Å². The molecule has 1 aromatic rings. The van der Waals surface area contributed by atoms with E-state index in [-0.39, 0.29) is 11.3 Å². The fraction of sp³-hybridized carbons (Fsp3) is 0.400. The molecule has 0 heterocycles. The third-order valence-corrected chi connectivity index (χ3v) is 2.09. The Hall–Kier alpha value is -1.27. The zero-order valence-electron chi connectivity index (χ0n) is 8.45. The molecule has 1 rings (SSSR count). The number of hydrogen-bond donors (Lipinski definition) is 2. The van der Waals surface area contributed by atoms with Crippen molar-refractivity contribution >= 4 is 0 Å². The predicted octanol–water partition coefficient (Wildman–Crippen LogP) is 1.74. The van der Waals surface area contributed by atoms with Crippen LogP contribution in [0.25, 0.3) is 0 Å². The second-order valence-electron chi connectivity index (χ2n) is 3.15. The van der Waals surface area contributed by atoms with Crippen LogP contribution in [-0.4, -0.2) is 23.9 Å². The van der Waals surface area contributed by atoms with Gasteiger partial charge in [-0.25, -0.2) is 0 Å². The average molecular weight is 236 g/mol. The topological polar surface area (TPSA) is 49.7 Å². The van der Waals surface area contributed by atoms with E-state index in [1.54, 1.807) is 0 Å². The van der Waals surface area contributed by atoms with E-state index in [0.29, 0.717) is 0 Å². The van der Waals surface area contributed by atoms with Gasteiger partial charge in [0.1, 0.15) is 11.9 Å².